The molecule has 11 heteroatoms. The van der Waals surface area contributed by atoms with E-state index in [4.69, 9.17) is 38.9 Å². The fraction of sp³-hybridized carbons (Fsp3) is 0.500. The summed E-state index contributed by atoms with van der Waals surface area (Å²) in [5.74, 6) is 0.108. The Balaban J connectivity index is 1.01. The summed E-state index contributed by atoms with van der Waals surface area (Å²) in [4.78, 5) is 25.7. The zero-order chi connectivity index (χ0) is 27.5. The van der Waals surface area contributed by atoms with Gasteiger partial charge in [0.05, 0.1) is 103 Å². The van der Waals surface area contributed by atoms with E-state index in [1.54, 1.807) is 30.3 Å². The maximum absolute atomic E-state index is 12.3. The molecular formula is C28H38N2O9. The van der Waals surface area contributed by atoms with Gasteiger partial charge < -0.3 is 38.9 Å². The highest BCUT2D eigenvalue weighted by atomic mass is 16.6. The van der Waals surface area contributed by atoms with Gasteiger partial charge in [-0.2, -0.15) is 0 Å². The summed E-state index contributed by atoms with van der Waals surface area (Å²) >= 11 is 0. The van der Waals surface area contributed by atoms with Gasteiger partial charge in [0.15, 0.2) is 0 Å². The predicted octanol–water partition coefficient (Wildman–Crippen LogP) is 2.04. The first-order valence-electron chi connectivity index (χ1n) is 13.1. The number of hydrogen-bond donors (Lipinski definition) is 1. The Morgan fingerprint density at radius 1 is 0.513 bits per heavy atom. The number of carbonyl (C=O) groups excluding carboxylic acids is 2. The molecule has 0 radical (unpaired) electrons. The second kappa shape index (κ2) is 18.3. The van der Waals surface area contributed by atoms with Crippen LogP contribution in [0.1, 0.15) is 20.7 Å². The molecule has 0 saturated heterocycles. The highest BCUT2D eigenvalue weighted by Gasteiger charge is 2.34. The van der Waals surface area contributed by atoms with E-state index in [0.29, 0.717) is 102 Å². The lowest BCUT2D eigenvalue weighted by Gasteiger charge is -2.13. The molecule has 2 aromatic carbocycles. The molecule has 2 N–H and O–H groups in total. The van der Waals surface area contributed by atoms with E-state index in [0.717, 1.165) is 0 Å². The van der Waals surface area contributed by atoms with E-state index in [1.807, 2.05) is 18.2 Å². The van der Waals surface area contributed by atoms with Gasteiger partial charge in [0.2, 0.25) is 0 Å². The molecule has 0 aliphatic carbocycles. The number of nitrogen functional groups attached to an aromatic ring is 1. The lowest BCUT2D eigenvalue weighted by molar-refractivity contribution is -0.0181. The molecule has 3 rings (SSSR count). The van der Waals surface area contributed by atoms with Crippen molar-refractivity contribution in [2.45, 2.75) is 0 Å². The van der Waals surface area contributed by atoms with Crippen molar-refractivity contribution >= 4 is 17.5 Å². The minimum absolute atomic E-state index is 0.217. The van der Waals surface area contributed by atoms with Gasteiger partial charge in [-0.15, -0.1) is 0 Å². The topological polar surface area (TPSA) is 128 Å². The van der Waals surface area contributed by atoms with Crippen LogP contribution in [0, 0.1) is 0 Å². The number of benzene rings is 2. The van der Waals surface area contributed by atoms with Gasteiger partial charge in [-0.1, -0.05) is 24.3 Å². The molecule has 2 aromatic rings. The maximum atomic E-state index is 12.3. The number of amides is 2. The van der Waals surface area contributed by atoms with Crippen LogP contribution in [0.25, 0.3) is 0 Å². The smallest absolute Gasteiger partial charge is 0.261 e. The van der Waals surface area contributed by atoms with E-state index in [2.05, 4.69) is 0 Å². The van der Waals surface area contributed by atoms with Gasteiger partial charge in [0.1, 0.15) is 12.4 Å². The van der Waals surface area contributed by atoms with Crippen LogP contribution >= 0.6 is 0 Å². The monoisotopic (exact) mass is 546 g/mol. The number of nitrogens with zero attached hydrogens (tertiary/aromatic N) is 1. The van der Waals surface area contributed by atoms with Gasteiger partial charge in [0, 0.05) is 0 Å². The number of para-hydroxylation sites is 2. The molecule has 0 saturated carbocycles. The molecule has 0 spiro atoms. The third kappa shape index (κ3) is 10.9. The van der Waals surface area contributed by atoms with Crippen molar-refractivity contribution in [1.29, 1.82) is 0 Å². The quantitative estimate of drug-likeness (QED) is 0.133. The minimum Gasteiger partial charge on any atom is -0.489 e. The normalized spacial score (nSPS) is 12.8. The van der Waals surface area contributed by atoms with Gasteiger partial charge in [0.25, 0.3) is 11.8 Å². The molecule has 39 heavy (non-hydrogen) atoms. The molecule has 1 heterocycles. The Hall–Kier alpha value is -3.06. The van der Waals surface area contributed by atoms with Crippen LogP contribution in [0.15, 0.2) is 48.5 Å². The van der Waals surface area contributed by atoms with Gasteiger partial charge in [-0.05, 0) is 24.3 Å². The summed E-state index contributed by atoms with van der Waals surface area (Å²) in [5, 5.41) is 0. The predicted molar refractivity (Wildman–Crippen MR) is 143 cm³/mol. The van der Waals surface area contributed by atoms with Crippen LogP contribution in [-0.4, -0.2) is 109 Å². The Morgan fingerprint density at radius 3 is 1.36 bits per heavy atom. The van der Waals surface area contributed by atoms with Crippen LogP contribution in [-0.2, 0) is 28.4 Å². The van der Waals surface area contributed by atoms with Crippen LogP contribution in [0.4, 0.5) is 5.69 Å². The Labute approximate surface area is 229 Å². The van der Waals surface area contributed by atoms with Gasteiger partial charge >= 0.3 is 0 Å². The van der Waals surface area contributed by atoms with Crippen LogP contribution in [0.2, 0.25) is 0 Å². The zero-order valence-electron chi connectivity index (χ0n) is 22.2. The average molecular weight is 547 g/mol. The molecule has 1 aliphatic heterocycles. The number of rotatable bonds is 22. The Bertz CT molecular complexity index is 970. The van der Waals surface area contributed by atoms with Crippen molar-refractivity contribution < 1.29 is 42.7 Å². The number of fused-ring (bicyclic) bond motifs is 1. The number of anilines is 1. The third-order valence-corrected chi connectivity index (χ3v) is 5.60. The van der Waals surface area contributed by atoms with Crippen LogP contribution < -0.4 is 10.5 Å². The van der Waals surface area contributed by atoms with Crippen molar-refractivity contribution in [3.63, 3.8) is 0 Å². The molecule has 1 aliphatic rings. The number of imide groups is 1. The SMILES string of the molecule is Nc1ccccc1OCCOCCOCCOCCOCCOCCOCCN1C(=O)c2ccccc2C1=O. The molecule has 0 unspecified atom stereocenters. The molecular weight excluding hydrogens is 508 g/mol. The van der Waals surface area contributed by atoms with Gasteiger partial charge in [-0.3, -0.25) is 14.5 Å². The van der Waals surface area contributed by atoms with Crippen LogP contribution in [0.5, 0.6) is 5.75 Å². The summed E-state index contributed by atoms with van der Waals surface area (Å²) < 4.78 is 38.3. The average Bonchev–Trinajstić information content (AvgIpc) is 3.19. The molecule has 0 aromatic heterocycles. The third-order valence-electron chi connectivity index (χ3n) is 5.60. The zero-order valence-corrected chi connectivity index (χ0v) is 22.2. The molecule has 0 atom stereocenters. The molecule has 2 amide bonds. The van der Waals surface area contributed by atoms with Crippen LogP contribution in [0.3, 0.4) is 0 Å². The van der Waals surface area contributed by atoms with Crippen molar-refractivity contribution in [1.82, 2.24) is 4.90 Å². The van der Waals surface area contributed by atoms with E-state index in [1.165, 1.54) is 4.90 Å². The number of ether oxygens (including phenoxy) is 7. The van der Waals surface area contributed by atoms with Crippen molar-refractivity contribution in [3.8, 4) is 5.75 Å². The number of hydrogen-bond acceptors (Lipinski definition) is 10. The molecule has 214 valence electrons. The summed E-state index contributed by atoms with van der Waals surface area (Å²) in [6.07, 6.45) is 0. The molecule has 0 fully saturated rings. The largest absolute Gasteiger partial charge is 0.489 e. The summed E-state index contributed by atoms with van der Waals surface area (Å²) in [6.45, 7) is 5.89. The van der Waals surface area contributed by atoms with Crippen molar-refractivity contribution in [2.24, 2.45) is 0 Å². The Kier molecular flexibility index (Phi) is 14.3. The highest BCUT2D eigenvalue weighted by molar-refractivity contribution is 6.21. The first-order valence-corrected chi connectivity index (χ1v) is 13.1. The lowest BCUT2D eigenvalue weighted by Crippen LogP contribution is -2.33. The summed E-state index contributed by atoms with van der Waals surface area (Å²) in [5.41, 5.74) is 7.30. The second-order valence-corrected chi connectivity index (χ2v) is 8.37. The van der Waals surface area contributed by atoms with E-state index in [9.17, 15) is 9.59 Å². The standard InChI is InChI=1S/C28H38N2O9/c29-25-7-3-4-8-26(25)39-22-21-38-20-19-37-18-17-36-16-15-35-14-13-34-12-11-33-10-9-30-27(31)23-5-1-2-6-24(23)28(30)32/h1-8H,9-22,29H2. The first kappa shape index (κ1) is 30.5. The number of carbonyl (C=O) groups is 2. The van der Waals surface area contributed by atoms with Gasteiger partial charge in [-0.25, -0.2) is 0 Å². The first-order chi connectivity index (χ1) is 19.2. The lowest BCUT2D eigenvalue weighted by atomic mass is 10.1. The van der Waals surface area contributed by atoms with E-state index in [-0.39, 0.29) is 25.0 Å². The molecule has 11 nitrogen and oxygen atoms in total. The highest BCUT2D eigenvalue weighted by Crippen LogP contribution is 2.22. The molecule has 0 bridgehead atoms. The summed E-state index contributed by atoms with van der Waals surface area (Å²) in [7, 11) is 0. The second-order valence-electron chi connectivity index (χ2n) is 8.37. The van der Waals surface area contributed by atoms with E-state index < -0.39 is 0 Å². The fourth-order valence-electron chi connectivity index (χ4n) is 3.62. The minimum atomic E-state index is -0.276. The summed E-state index contributed by atoms with van der Waals surface area (Å²) in [6, 6.07) is 14.2. The number of nitrogens with two attached hydrogens (primary N) is 1. The Morgan fingerprint density at radius 2 is 0.897 bits per heavy atom. The maximum Gasteiger partial charge on any atom is 0.261 e. The van der Waals surface area contributed by atoms with Crippen molar-refractivity contribution in [3.05, 3.63) is 59.7 Å². The van der Waals surface area contributed by atoms with E-state index >= 15 is 0 Å². The van der Waals surface area contributed by atoms with Crippen molar-refractivity contribution in [2.75, 3.05) is 98.2 Å². The fourth-order valence-corrected chi connectivity index (χ4v) is 3.62.